The van der Waals surface area contributed by atoms with Crippen LogP contribution in [-0.4, -0.2) is 31.7 Å². The smallest absolute Gasteiger partial charge is 0.251 e. The first-order valence-corrected chi connectivity index (χ1v) is 6.65. The molecule has 108 valence electrons. The standard InChI is InChI=1S/C14H18N2O4/c1-2-3-13(17)15-6-7-16-14(18)10-4-5-11-12(8-10)20-9-19-11/h4-5,8H,2-3,6-7,9H2,1H3,(H,15,17)(H,16,18). The van der Waals surface area contributed by atoms with Crippen LogP contribution in [0.25, 0.3) is 0 Å². The summed E-state index contributed by atoms with van der Waals surface area (Å²) in [6.07, 6.45) is 1.32. The van der Waals surface area contributed by atoms with Gasteiger partial charge in [-0.15, -0.1) is 0 Å². The van der Waals surface area contributed by atoms with E-state index >= 15 is 0 Å². The second kappa shape index (κ2) is 6.79. The molecule has 0 aromatic heterocycles. The first-order chi connectivity index (χ1) is 9.70. The van der Waals surface area contributed by atoms with Gasteiger partial charge in [-0.1, -0.05) is 6.92 Å². The molecular formula is C14H18N2O4. The summed E-state index contributed by atoms with van der Waals surface area (Å²) < 4.78 is 10.4. The third-order valence-electron chi connectivity index (χ3n) is 2.84. The molecule has 0 unspecified atom stereocenters. The normalized spacial score (nSPS) is 12.1. The topological polar surface area (TPSA) is 76.7 Å². The van der Waals surface area contributed by atoms with E-state index in [9.17, 15) is 9.59 Å². The number of carbonyl (C=O) groups excluding carboxylic acids is 2. The average Bonchev–Trinajstić information content (AvgIpc) is 2.91. The lowest BCUT2D eigenvalue weighted by atomic mass is 10.2. The third-order valence-corrected chi connectivity index (χ3v) is 2.84. The van der Waals surface area contributed by atoms with Crippen molar-refractivity contribution in [1.82, 2.24) is 10.6 Å². The Morgan fingerprint density at radius 2 is 1.90 bits per heavy atom. The molecule has 1 aromatic carbocycles. The van der Waals surface area contributed by atoms with E-state index in [-0.39, 0.29) is 18.6 Å². The lowest BCUT2D eigenvalue weighted by Crippen LogP contribution is -2.34. The Kier molecular flexibility index (Phi) is 4.81. The van der Waals surface area contributed by atoms with E-state index in [0.717, 1.165) is 6.42 Å². The van der Waals surface area contributed by atoms with Crippen LogP contribution in [0.4, 0.5) is 0 Å². The summed E-state index contributed by atoms with van der Waals surface area (Å²) in [7, 11) is 0. The molecule has 0 fully saturated rings. The van der Waals surface area contributed by atoms with Crippen LogP contribution in [0, 0.1) is 0 Å². The highest BCUT2D eigenvalue weighted by Crippen LogP contribution is 2.32. The van der Waals surface area contributed by atoms with E-state index in [4.69, 9.17) is 9.47 Å². The van der Waals surface area contributed by atoms with Crippen molar-refractivity contribution in [3.63, 3.8) is 0 Å². The minimum Gasteiger partial charge on any atom is -0.454 e. The molecule has 2 N–H and O–H groups in total. The lowest BCUT2D eigenvalue weighted by molar-refractivity contribution is -0.121. The fraction of sp³-hybridized carbons (Fsp3) is 0.429. The zero-order valence-corrected chi connectivity index (χ0v) is 11.4. The number of nitrogens with one attached hydrogen (secondary N) is 2. The molecule has 20 heavy (non-hydrogen) atoms. The molecule has 0 aliphatic carbocycles. The van der Waals surface area contributed by atoms with Crippen molar-refractivity contribution in [2.75, 3.05) is 19.9 Å². The van der Waals surface area contributed by atoms with Gasteiger partial charge in [0.2, 0.25) is 12.7 Å². The molecule has 1 aromatic rings. The molecular weight excluding hydrogens is 260 g/mol. The monoisotopic (exact) mass is 278 g/mol. The Labute approximate surface area is 117 Å². The maximum atomic E-state index is 11.9. The van der Waals surface area contributed by atoms with Gasteiger partial charge in [-0.05, 0) is 24.6 Å². The Morgan fingerprint density at radius 3 is 2.70 bits per heavy atom. The molecule has 0 atom stereocenters. The van der Waals surface area contributed by atoms with Crippen LogP contribution in [-0.2, 0) is 4.79 Å². The van der Waals surface area contributed by atoms with Crippen molar-refractivity contribution in [1.29, 1.82) is 0 Å². The second-order valence-corrected chi connectivity index (χ2v) is 4.42. The summed E-state index contributed by atoms with van der Waals surface area (Å²) in [6, 6.07) is 5.03. The van der Waals surface area contributed by atoms with E-state index in [2.05, 4.69) is 10.6 Å². The average molecular weight is 278 g/mol. The van der Waals surface area contributed by atoms with Crippen LogP contribution in [0.15, 0.2) is 18.2 Å². The van der Waals surface area contributed by atoms with Gasteiger partial charge in [0.25, 0.3) is 5.91 Å². The number of hydrogen-bond acceptors (Lipinski definition) is 4. The largest absolute Gasteiger partial charge is 0.454 e. The van der Waals surface area contributed by atoms with E-state index in [0.29, 0.717) is 36.6 Å². The van der Waals surface area contributed by atoms with Gasteiger partial charge in [-0.2, -0.15) is 0 Å². The molecule has 1 aliphatic heterocycles. The molecule has 0 radical (unpaired) electrons. The zero-order chi connectivity index (χ0) is 14.4. The number of amides is 2. The second-order valence-electron chi connectivity index (χ2n) is 4.42. The highest BCUT2D eigenvalue weighted by atomic mass is 16.7. The molecule has 2 amide bonds. The van der Waals surface area contributed by atoms with Gasteiger partial charge in [-0.3, -0.25) is 9.59 Å². The van der Waals surface area contributed by atoms with E-state index in [1.54, 1.807) is 18.2 Å². The highest BCUT2D eigenvalue weighted by Gasteiger charge is 2.15. The van der Waals surface area contributed by atoms with Gasteiger partial charge < -0.3 is 20.1 Å². The summed E-state index contributed by atoms with van der Waals surface area (Å²) in [5, 5.41) is 5.47. The quantitative estimate of drug-likeness (QED) is 0.763. The molecule has 0 saturated carbocycles. The number of ether oxygens (including phenoxy) is 2. The molecule has 1 aliphatic rings. The van der Waals surface area contributed by atoms with Crippen LogP contribution >= 0.6 is 0 Å². The Morgan fingerprint density at radius 1 is 1.15 bits per heavy atom. The van der Waals surface area contributed by atoms with E-state index in [1.165, 1.54) is 0 Å². The predicted molar refractivity (Wildman–Crippen MR) is 72.8 cm³/mol. The molecule has 6 nitrogen and oxygen atoms in total. The molecule has 2 rings (SSSR count). The van der Waals surface area contributed by atoms with Crippen molar-refractivity contribution < 1.29 is 19.1 Å². The summed E-state index contributed by atoms with van der Waals surface area (Å²) >= 11 is 0. The maximum Gasteiger partial charge on any atom is 0.251 e. The minimum atomic E-state index is -0.201. The van der Waals surface area contributed by atoms with Crippen LogP contribution in [0.1, 0.15) is 30.1 Å². The van der Waals surface area contributed by atoms with E-state index < -0.39 is 0 Å². The van der Waals surface area contributed by atoms with Crippen molar-refractivity contribution in [3.8, 4) is 11.5 Å². The Bertz CT molecular complexity index is 502. The van der Waals surface area contributed by atoms with Gasteiger partial charge in [0, 0.05) is 25.1 Å². The molecule has 1 heterocycles. The number of rotatable bonds is 6. The molecule has 0 saturated heterocycles. The number of carbonyl (C=O) groups is 2. The van der Waals surface area contributed by atoms with Crippen LogP contribution < -0.4 is 20.1 Å². The van der Waals surface area contributed by atoms with Crippen LogP contribution in [0.2, 0.25) is 0 Å². The van der Waals surface area contributed by atoms with Gasteiger partial charge in [0.05, 0.1) is 0 Å². The highest BCUT2D eigenvalue weighted by molar-refractivity contribution is 5.94. The first-order valence-electron chi connectivity index (χ1n) is 6.65. The number of benzene rings is 1. The summed E-state index contributed by atoms with van der Waals surface area (Å²) in [5.74, 6) is 1.03. The zero-order valence-electron chi connectivity index (χ0n) is 11.4. The first kappa shape index (κ1) is 14.2. The SMILES string of the molecule is CCCC(=O)NCCNC(=O)c1ccc2c(c1)OCO2. The van der Waals surface area contributed by atoms with Crippen molar-refractivity contribution >= 4 is 11.8 Å². The van der Waals surface area contributed by atoms with Crippen LogP contribution in [0.3, 0.4) is 0 Å². The van der Waals surface area contributed by atoms with Crippen LogP contribution in [0.5, 0.6) is 11.5 Å². The fourth-order valence-electron chi connectivity index (χ4n) is 1.83. The number of fused-ring (bicyclic) bond motifs is 1. The molecule has 0 spiro atoms. The Balaban J connectivity index is 1.76. The predicted octanol–water partition coefficient (Wildman–Crippen LogP) is 1.06. The Hall–Kier alpha value is -2.24. The lowest BCUT2D eigenvalue weighted by Gasteiger charge is -2.07. The van der Waals surface area contributed by atoms with E-state index in [1.807, 2.05) is 6.92 Å². The van der Waals surface area contributed by atoms with Gasteiger partial charge in [0.15, 0.2) is 11.5 Å². The van der Waals surface area contributed by atoms with Gasteiger partial charge in [0.1, 0.15) is 0 Å². The summed E-state index contributed by atoms with van der Waals surface area (Å²) in [6.45, 7) is 2.95. The maximum absolute atomic E-state index is 11.9. The molecule has 6 heteroatoms. The van der Waals surface area contributed by atoms with Gasteiger partial charge in [-0.25, -0.2) is 0 Å². The summed E-state index contributed by atoms with van der Waals surface area (Å²) in [4.78, 5) is 23.1. The third kappa shape index (κ3) is 3.63. The van der Waals surface area contributed by atoms with Crippen molar-refractivity contribution in [2.24, 2.45) is 0 Å². The van der Waals surface area contributed by atoms with Gasteiger partial charge >= 0.3 is 0 Å². The summed E-state index contributed by atoms with van der Waals surface area (Å²) in [5.41, 5.74) is 0.508. The minimum absolute atomic E-state index is 0.00447. The number of hydrogen-bond donors (Lipinski definition) is 2. The molecule has 0 bridgehead atoms. The van der Waals surface area contributed by atoms with Crippen molar-refractivity contribution in [3.05, 3.63) is 23.8 Å². The fourth-order valence-corrected chi connectivity index (χ4v) is 1.83. The van der Waals surface area contributed by atoms with Crippen molar-refractivity contribution in [2.45, 2.75) is 19.8 Å².